The van der Waals surface area contributed by atoms with Crippen molar-refractivity contribution in [1.29, 1.82) is 0 Å². The lowest BCUT2D eigenvalue weighted by Crippen LogP contribution is -2.33. The number of anilines is 2. The fraction of sp³-hybridized carbons (Fsp3) is 0.500. The zero-order chi connectivity index (χ0) is 14.4. The molecule has 2 aromatic rings. The summed E-state index contributed by atoms with van der Waals surface area (Å²) in [6, 6.07) is 0. The van der Waals surface area contributed by atoms with Crippen LogP contribution in [0.2, 0.25) is 0 Å². The summed E-state index contributed by atoms with van der Waals surface area (Å²) in [5.41, 5.74) is 11.8. The molecule has 3 rings (SSSR count). The number of fused-ring (bicyclic) bond motifs is 1. The Labute approximate surface area is 112 Å². The molecule has 3 heterocycles. The molecule has 2 aromatic heterocycles. The van der Waals surface area contributed by atoms with E-state index in [0.29, 0.717) is 5.52 Å². The maximum atomic E-state index is 9.99. The van der Waals surface area contributed by atoms with Crippen LogP contribution >= 0.6 is 0 Å². The van der Waals surface area contributed by atoms with E-state index in [2.05, 4.69) is 15.0 Å². The minimum absolute atomic E-state index is 0.0384. The van der Waals surface area contributed by atoms with Gasteiger partial charge in [-0.25, -0.2) is 4.98 Å². The lowest BCUT2D eigenvalue weighted by molar-refractivity contribution is -0.0511. The number of nitrogens with zero attached hydrogens (tertiary/aromatic N) is 4. The first-order valence-electron chi connectivity index (χ1n) is 5.91. The van der Waals surface area contributed by atoms with Crippen LogP contribution in [-0.2, 0) is 4.74 Å². The molecule has 0 bridgehead atoms. The minimum atomic E-state index is -1.23. The minimum Gasteiger partial charge on any atom is -0.394 e. The van der Waals surface area contributed by atoms with Crippen LogP contribution in [0.1, 0.15) is 6.23 Å². The molecule has 20 heavy (non-hydrogen) atoms. The van der Waals surface area contributed by atoms with Gasteiger partial charge < -0.3 is 31.5 Å². The summed E-state index contributed by atoms with van der Waals surface area (Å²) in [6.07, 6.45) is -2.92. The van der Waals surface area contributed by atoms with Crippen molar-refractivity contribution in [2.45, 2.75) is 24.5 Å². The second-order valence-electron chi connectivity index (χ2n) is 4.52. The van der Waals surface area contributed by atoms with Crippen LogP contribution in [0.25, 0.3) is 11.2 Å². The topological polar surface area (TPSA) is 166 Å². The van der Waals surface area contributed by atoms with Gasteiger partial charge in [-0.15, -0.1) is 0 Å². The Balaban J connectivity index is 2.07. The van der Waals surface area contributed by atoms with Gasteiger partial charge >= 0.3 is 0 Å². The summed E-state index contributed by atoms with van der Waals surface area (Å²) in [4.78, 5) is 11.8. The molecule has 7 N–H and O–H groups in total. The first kappa shape index (κ1) is 13.0. The van der Waals surface area contributed by atoms with Gasteiger partial charge in [0.15, 0.2) is 17.7 Å². The number of ether oxygens (including phenoxy) is 1. The first-order chi connectivity index (χ1) is 9.52. The molecule has 0 aromatic carbocycles. The second-order valence-corrected chi connectivity index (χ2v) is 4.52. The Hall–Kier alpha value is -2.01. The third-order valence-electron chi connectivity index (χ3n) is 3.26. The van der Waals surface area contributed by atoms with E-state index < -0.39 is 31.1 Å². The summed E-state index contributed by atoms with van der Waals surface area (Å²) in [6.45, 7) is -0.416. The standard InChI is InChI=1S/C10H14N6O4/c11-7-4-8(15-10(12)14-7)16(2-13-4)9-6(19)5(18)3(1-17)20-9/h2-3,5-6,9,17-19H,1H2,(H4,11,12,14,15)/t3-,5-,6-,9?/m0/s1. The van der Waals surface area contributed by atoms with Crippen LogP contribution in [0.15, 0.2) is 6.33 Å². The van der Waals surface area contributed by atoms with E-state index >= 15 is 0 Å². The van der Waals surface area contributed by atoms with Crippen molar-refractivity contribution in [2.75, 3.05) is 18.1 Å². The van der Waals surface area contributed by atoms with E-state index in [4.69, 9.17) is 21.3 Å². The number of hydrogen-bond acceptors (Lipinski definition) is 9. The van der Waals surface area contributed by atoms with Gasteiger partial charge in [0.2, 0.25) is 5.95 Å². The highest BCUT2D eigenvalue weighted by Crippen LogP contribution is 2.31. The zero-order valence-corrected chi connectivity index (χ0v) is 10.3. The molecule has 4 atom stereocenters. The predicted octanol–water partition coefficient (Wildman–Crippen LogP) is -2.40. The first-order valence-corrected chi connectivity index (χ1v) is 5.91. The number of aromatic nitrogens is 4. The van der Waals surface area contributed by atoms with Gasteiger partial charge in [0, 0.05) is 0 Å². The van der Waals surface area contributed by atoms with Crippen molar-refractivity contribution >= 4 is 22.9 Å². The van der Waals surface area contributed by atoms with E-state index in [-0.39, 0.29) is 17.4 Å². The number of rotatable bonds is 2. The van der Waals surface area contributed by atoms with Crippen LogP contribution in [-0.4, -0.2) is 59.8 Å². The van der Waals surface area contributed by atoms with Crippen LogP contribution in [0.5, 0.6) is 0 Å². The van der Waals surface area contributed by atoms with E-state index in [1.54, 1.807) is 0 Å². The molecule has 0 saturated carbocycles. The summed E-state index contributed by atoms with van der Waals surface area (Å²) in [5.74, 6) is 0.0708. The number of nitrogens with two attached hydrogens (primary N) is 2. The Kier molecular flexibility index (Phi) is 2.94. The Morgan fingerprint density at radius 1 is 1.25 bits per heavy atom. The number of hydrogen-bond donors (Lipinski definition) is 5. The summed E-state index contributed by atoms with van der Waals surface area (Å²) in [5, 5.41) is 28.8. The number of nitrogen functional groups attached to an aromatic ring is 2. The van der Waals surface area contributed by atoms with Crippen molar-refractivity contribution in [1.82, 2.24) is 19.5 Å². The third kappa shape index (κ3) is 1.78. The molecule has 10 nitrogen and oxygen atoms in total. The van der Waals surface area contributed by atoms with Crippen molar-refractivity contribution < 1.29 is 20.1 Å². The van der Waals surface area contributed by atoms with Crippen LogP contribution in [0.4, 0.5) is 11.8 Å². The lowest BCUT2D eigenvalue weighted by atomic mass is 10.1. The van der Waals surface area contributed by atoms with Crippen LogP contribution < -0.4 is 11.5 Å². The quantitative estimate of drug-likeness (QED) is 0.403. The van der Waals surface area contributed by atoms with Gasteiger partial charge in [-0.05, 0) is 0 Å². The molecule has 0 amide bonds. The molecule has 1 unspecified atom stereocenters. The smallest absolute Gasteiger partial charge is 0.224 e. The van der Waals surface area contributed by atoms with E-state index in [9.17, 15) is 10.2 Å². The van der Waals surface area contributed by atoms with Crippen molar-refractivity contribution in [2.24, 2.45) is 0 Å². The van der Waals surface area contributed by atoms with Crippen molar-refractivity contribution in [3.05, 3.63) is 6.33 Å². The monoisotopic (exact) mass is 282 g/mol. The largest absolute Gasteiger partial charge is 0.394 e. The molecule has 0 aliphatic carbocycles. The third-order valence-corrected chi connectivity index (χ3v) is 3.26. The SMILES string of the molecule is Nc1nc(N)c2ncn(C3O[C@@H](CO)[C@H](O)[C@@H]3O)c2n1. The average molecular weight is 282 g/mol. The molecule has 108 valence electrons. The van der Waals surface area contributed by atoms with Crippen LogP contribution in [0, 0.1) is 0 Å². The normalized spacial score (nSPS) is 30.1. The molecular formula is C10H14N6O4. The summed E-state index contributed by atoms with van der Waals surface area (Å²) >= 11 is 0. The molecular weight excluding hydrogens is 268 g/mol. The van der Waals surface area contributed by atoms with E-state index in [0.717, 1.165) is 0 Å². The van der Waals surface area contributed by atoms with E-state index in [1.807, 2.05) is 0 Å². The fourth-order valence-corrected chi connectivity index (χ4v) is 2.25. The van der Waals surface area contributed by atoms with Crippen molar-refractivity contribution in [3.8, 4) is 0 Å². The van der Waals surface area contributed by atoms with Gasteiger partial charge in [-0.3, -0.25) is 4.57 Å². The Morgan fingerprint density at radius 2 is 2.00 bits per heavy atom. The fourth-order valence-electron chi connectivity index (χ4n) is 2.25. The molecule has 0 radical (unpaired) electrons. The zero-order valence-electron chi connectivity index (χ0n) is 10.3. The highest BCUT2D eigenvalue weighted by atomic mass is 16.6. The second kappa shape index (κ2) is 4.52. The van der Waals surface area contributed by atoms with Gasteiger partial charge in [0.25, 0.3) is 0 Å². The van der Waals surface area contributed by atoms with Gasteiger partial charge in [0.05, 0.1) is 12.9 Å². The Morgan fingerprint density at radius 3 is 2.65 bits per heavy atom. The maximum Gasteiger partial charge on any atom is 0.224 e. The molecule has 1 saturated heterocycles. The highest BCUT2D eigenvalue weighted by Gasteiger charge is 2.44. The molecule has 1 aliphatic rings. The predicted molar refractivity (Wildman–Crippen MR) is 67.2 cm³/mol. The number of aliphatic hydroxyl groups is 3. The highest BCUT2D eigenvalue weighted by molar-refractivity contribution is 5.82. The molecule has 0 spiro atoms. The lowest BCUT2D eigenvalue weighted by Gasteiger charge is -2.16. The molecule has 1 fully saturated rings. The summed E-state index contributed by atoms with van der Waals surface area (Å²) < 4.78 is 6.79. The van der Waals surface area contributed by atoms with Gasteiger partial charge in [-0.2, -0.15) is 9.97 Å². The maximum absolute atomic E-state index is 9.99. The van der Waals surface area contributed by atoms with E-state index in [1.165, 1.54) is 10.9 Å². The number of aliphatic hydroxyl groups excluding tert-OH is 3. The molecule has 1 aliphatic heterocycles. The van der Waals surface area contributed by atoms with Gasteiger partial charge in [0.1, 0.15) is 23.8 Å². The summed E-state index contributed by atoms with van der Waals surface area (Å²) in [7, 11) is 0. The van der Waals surface area contributed by atoms with Gasteiger partial charge in [-0.1, -0.05) is 0 Å². The molecule has 10 heteroatoms. The average Bonchev–Trinajstić information content (AvgIpc) is 2.93. The van der Waals surface area contributed by atoms with Crippen LogP contribution in [0.3, 0.4) is 0 Å². The number of imidazole rings is 1. The Bertz CT molecular complexity index is 646. The van der Waals surface area contributed by atoms with Crippen molar-refractivity contribution in [3.63, 3.8) is 0 Å².